The van der Waals surface area contributed by atoms with Crippen LogP contribution in [0.1, 0.15) is 32.2 Å². The van der Waals surface area contributed by atoms with E-state index < -0.39 is 78.5 Å². The molecular formula is C33H77ClPSi10. The first-order valence-electron chi connectivity index (χ1n) is 17.6. The Balaban J connectivity index is 4.89. The summed E-state index contributed by atoms with van der Waals surface area (Å²) in [5.74, 6) is 0. The molecular weight excluding hydrogens is 744 g/mol. The predicted molar refractivity (Wildman–Crippen MR) is 245 cm³/mol. The summed E-state index contributed by atoms with van der Waals surface area (Å²) in [7, 11) is -11.9. The fourth-order valence-corrected chi connectivity index (χ4v) is 123. The van der Waals surface area contributed by atoms with E-state index in [1.165, 1.54) is 0 Å². The lowest BCUT2D eigenvalue weighted by Crippen LogP contribution is -2.56. The lowest BCUT2D eigenvalue weighted by molar-refractivity contribution is 1.10. The summed E-state index contributed by atoms with van der Waals surface area (Å²) < 4.78 is 0. The monoisotopic (exact) mass is 819 g/mol. The van der Waals surface area contributed by atoms with Crippen molar-refractivity contribution in [2.45, 2.75) is 173 Å². The molecule has 0 atom stereocenters. The van der Waals surface area contributed by atoms with Gasteiger partial charge in [0.15, 0.2) is 7.36 Å². The van der Waals surface area contributed by atoms with E-state index in [0.29, 0.717) is 0 Å². The Morgan fingerprint density at radius 3 is 0.889 bits per heavy atom. The van der Waals surface area contributed by atoms with Crippen LogP contribution in [-0.2, 0) is 0 Å². The van der Waals surface area contributed by atoms with Crippen molar-refractivity contribution >= 4 is 102 Å². The van der Waals surface area contributed by atoms with E-state index in [-0.39, 0.29) is 0 Å². The normalized spacial score (nSPS) is 15.7. The third kappa shape index (κ3) is 12.0. The maximum atomic E-state index is 8.26. The van der Waals surface area contributed by atoms with Crippen LogP contribution in [0.2, 0.25) is 157 Å². The molecule has 0 amide bonds. The molecule has 1 aromatic rings. The van der Waals surface area contributed by atoms with Crippen LogP contribution in [0.25, 0.3) is 0 Å². The average molecular weight is 821 g/mol. The largest absolute Gasteiger partial charge is 0.181 e. The molecule has 45 heavy (non-hydrogen) atoms. The van der Waals surface area contributed by atoms with Gasteiger partial charge in [0.1, 0.15) is 0 Å². The van der Waals surface area contributed by atoms with Crippen LogP contribution in [0, 0.1) is 0 Å². The van der Waals surface area contributed by atoms with Gasteiger partial charge in [-0.3, -0.25) is 0 Å². The molecule has 0 aromatic heterocycles. The number of benzene rings is 1. The zero-order chi connectivity index (χ0) is 36.3. The number of hydrogen-bond donors (Lipinski definition) is 0. The molecule has 0 aliphatic heterocycles. The minimum atomic E-state index is -1.57. The average Bonchev–Trinajstić information content (AvgIpc) is 2.63. The van der Waals surface area contributed by atoms with Gasteiger partial charge in [0.2, 0.25) is 0 Å². The van der Waals surface area contributed by atoms with E-state index in [1.54, 1.807) is 29.1 Å². The quantitative estimate of drug-likeness (QED) is 0.106. The maximum Gasteiger partial charge on any atom is 0.181 e. The van der Waals surface area contributed by atoms with E-state index in [1.807, 2.05) is 0 Å². The molecule has 1 rings (SSSR count). The summed E-state index contributed by atoms with van der Waals surface area (Å²) in [6.45, 7) is 64.3. The zero-order valence-corrected chi connectivity index (χ0v) is 46.4. The van der Waals surface area contributed by atoms with Gasteiger partial charge in [-0.05, 0) is 37.4 Å². The summed E-state index contributed by atoms with van der Waals surface area (Å²) in [5, 5.41) is 3.99. The molecule has 0 fully saturated rings. The fourth-order valence-electron chi connectivity index (χ4n) is 9.95. The molecule has 12 heteroatoms. The number of hydrogen-bond acceptors (Lipinski definition) is 0. The molecule has 0 aliphatic rings. The Morgan fingerprint density at radius 2 is 0.689 bits per heavy atom. The maximum absolute atomic E-state index is 8.26. The molecule has 1 radical (unpaired) electrons. The van der Waals surface area contributed by atoms with Gasteiger partial charge in [0.05, 0.1) is 7.50 Å². The molecule has 0 spiro atoms. The van der Waals surface area contributed by atoms with Crippen LogP contribution < -0.4 is 5.19 Å². The molecule has 0 heterocycles. The van der Waals surface area contributed by atoms with Crippen LogP contribution in [0.4, 0.5) is 0 Å². The molecule has 0 nitrogen and oxygen atoms in total. The molecule has 0 N–H and O–H groups in total. The predicted octanol–water partition coefficient (Wildman–Crippen LogP) is 12.9. The highest BCUT2D eigenvalue weighted by atomic mass is 35.6. The summed E-state index contributed by atoms with van der Waals surface area (Å²) in [6, 6.07) is 5.76. The second-order valence-corrected chi connectivity index (χ2v) is 90.7. The van der Waals surface area contributed by atoms with Crippen LogP contribution >= 0.6 is 18.3 Å². The zero-order valence-electron chi connectivity index (χ0n) is 34.7. The Labute approximate surface area is 301 Å². The van der Waals surface area contributed by atoms with Crippen molar-refractivity contribution in [3.8, 4) is 0 Å². The van der Waals surface area contributed by atoms with Crippen molar-refractivity contribution < 1.29 is 0 Å². The summed E-state index contributed by atoms with van der Waals surface area (Å²) in [6.07, 6.45) is 0. The van der Waals surface area contributed by atoms with E-state index >= 15 is 0 Å². The van der Waals surface area contributed by atoms with Gasteiger partial charge in [-0.15, -0.1) is 18.3 Å². The first-order chi connectivity index (χ1) is 19.3. The second-order valence-electron chi connectivity index (χ2n) is 22.8. The van der Waals surface area contributed by atoms with Crippen molar-refractivity contribution in [2.24, 2.45) is 0 Å². The third-order valence-corrected chi connectivity index (χ3v) is 90.0. The summed E-state index contributed by atoms with van der Waals surface area (Å²) in [4.78, 5) is 0. The van der Waals surface area contributed by atoms with Crippen LogP contribution in [0.3, 0.4) is 0 Å². The van der Waals surface area contributed by atoms with Gasteiger partial charge in [0, 0.05) is 63.6 Å². The van der Waals surface area contributed by atoms with Crippen molar-refractivity contribution in [3.05, 3.63) is 28.8 Å². The van der Waals surface area contributed by atoms with E-state index in [9.17, 15) is 0 Å². The van der Waals surface area contributed by atoms with Gasteiger partial charge in [-0.1, -0.05) is 169 Å². The standard InChI is InChI=1S/C33H77ClPSi10/c1-38(2,3)31(39(4,5)6)27-25-28(32(40(7,8)9)41(10,11)12)30(29(26-27)33(42(13,14)15)43(16,17)18)36(34)35-37(44(19,20)21)45(22,23)24/h25-26,31-33H,1-24H3. The van der Waals surface area contributed by atoms with Gasteiger partial charge in [0.25, 0.3) is 0 Å². The van der Waals surface area contributed by atoms with Crippen molar-refractivity contribution in [3.63, 3.8) is 0 Å². The first-order valence-corrected chi connectivity index (χ1v) is 54.7. The minimum Gasteiger partial charge on any atom is -0.142 e. The third-order valence-electron chi connectivity index (χ3n) is 9.21. The van der Waals surface area contributed by atoms with Crippen LogP contribution in [-0.4, -0.2) is 78.5 Å². The number of rotatable bonds is 13. The lowest BCUT2D eigenvalue weighted by atomic mass is 10.1. The lowest BCUT2D eigenvalue weighted by Gasteiger charge is -2.46. The molecule has 261 valence electrons. The summed E-state index contributed by atoms with van der Waals surface area (Å²) >= 11 is 8.26. The van der Waals surface area contributed by atoms with Gasteiger partial charge >= 0.3 is 0 Å². The molecule has 0 bridgehead atoms. The van der Waals surface area contributed by atoms with E-state index in [0.717, 1.165) is 15.5 Å². The molecule has 0 unspecified atom stereocenters. The van der Waals surface area contributed by atoms with E-state index in [2.05, 4.69) is 169 Å². The Bertz CT molecular complexity index is 1100. The van der Waals surface area contributed by atoms with Gasteiger partial charge < -0.3 is 0 Å². The first kappa shape index (κ1) is 45.0. The Kier molecular flexibility index (Phi) is 14.5. The molecule has 0 saturated carbocycles. The molecule has 0 saturated heterocycles. The molecule has 1 aromatic carbocycles. The molecule has 0 aliphatic carbocycles. The van der Waals surface area contributed by atoms with Crippen LogP contribution in [0.15, 0.2) is 12.1 Å². The highest BCUT2D eigenvalue weighted by Crippen LogP contribution is 2.44. The SMILES string of the molecule is C[Si](C)(C)C(c1cc(C([Si](C)(C)C)[Si](C)(C)C)c([Si](Cl)=P[Si]([Si](C)(C)C)[Si](C)(C)C)c(C([Si](C)(C)C)[Si](C)(C)C)c1)[Si](C)(C)C. The minimum absolute atomic E-state index is 0.495. The topological polar surface area (TPSA) is 0 Å². The fraction of sp³-hybridized carbons (Fsp3) is 0.818. The van der Waals surface area contributed by atoms with E-state index in [4.69, 9.17) is 11.1 Å². The van der Waals surface area contributed by atoms with Crippen LogP contribution in [0.5, 0.6) is 0 Å². The Morgan fingerprint density at radius 1 is 0.444 bits per heavy atom. The smallest absolute Gasteiger partial charge is 0.142 e. The van der Waals surface area contributed by atoms with Gasteiger partial charge in [-0.2, -0.15) is 0 Å². The summed E-state index contributed by atoms with van der Waals surface area (Å²) in [5.41, 5.74) is 5.34. The van der Waals surface area contributed by atoms with Crippen molar-refractivity contribution in [1.82, 2.24) is 0 Å². The number of halogens is 1. The Hall–Kier alpha value is 1.98. The highest BCUT2D eigenvalue weighted by Gasteiger charge is 2.47. The van der Waals surface area contributed by atoms with Gasteiger partial charge in [-0.25, -0.2) is 0 Å². The van der Waals surface area contributed by atoms with Crippen molar-refractivity contribution in [1.29, 1.82) is 0 Å². The highest BCUT2D eigenvalue weighted by molar-refractivity contribution is 8.08. The second kappa shape index (κ2) is 14.5. The van der Waals surface area contributed by atoms with Crippen molar-refractivity contribution in [2.75, 3.05) is 0 Å².